The topological polar surface area (TPSA) is 137 Å². The van der Waals surface area contributed by atoms with Crippen molar-refractivity contribution in [1.82, 2.24) is 10.2 Å². The van der Waals surface area contributed by atoms with Crippen LogP contribution in [0.4, 0.5) is 0 Å². The van der Waals surface area contributed by atoms with E-state index in [0.717, 1.165) is 0 Å². The Kier molecular flexibility index (Phi) is 3.84. The van der Waals surface area contributed by atoms with Crippen molar-refractivity contribution in [3.05, 3.63) is 23.3 Å². The number of carbonyl (C=O) groups is 1. The van der Waals surface area contributed by atoms with Gasteiger partial charge in [0.15, 0.2) is 0 Å². The number of carboxylic acid groups (broad SMARTS) is 1. The molecule has 8 heteroatoms. The van der Waals surface area contributed by atoms with Gasteiger partial charge in [-0.25, -0.2) is 0 Å². The van der Waals surface area contributed by atoms with Crippen LogP contribution in [0.15, 0.2) is 12.1 Å². The van der Waals surface area contributed by atoms with Crippen molar-refractivity contribution in [3.8, 4) is 17.6 Å². The molecule has 0 radical (unpaired) electrons. The largest absolute Gasteiger partial charge is 0.508 e. The Bertz CT molecular complexity index is 807. The molecule has 3 aliphatic heterocycles. The van der Waals surface area contributed by atoms with Crippen LogP contribution in [-0.2, 0) is 4.79 Å². The van der Waals surface area contributed by atoms with Gasteiger partial charge in [0.25, 0.3) is 0 Å². The number of phenolic OH excluding ortho intramolecular Hbond substituents is 2. The molecule has 0 spiro atoms. The molecule has 5 N–H and O–H groups in total. The Morgan fingerprint density at radius 3 is 2.58 bits per heavy atom. The second kappa shape index (κ2) is 5.84. The van der Waals surface area contributed by atoms with Gasteiger partial charge in [-0.2, -0.15) is 5.26 Å². The first kappa shape index (κ1) is 17.1. The van der Waals surface area contributed by atoms with Gasteiger partial charge in [0.1, 0.15) is 17.5 Å². The fraction of sp³-hybridized carbons (Fsp3) is 0.556. The maximum Gasteiger partial charge on any atom is 0.308 e. The van der Waals surface area contributed by atoms with Crippen LogP contribution in [0, 0.1) is 17.2 Å². The molecule has 26 heavy (non-hydrogen) atoms. The summed E-state index contributed by atoms with van der Waals surface area (Å²) in [4.78, 5) is 13.6. The van der Waals surface area contributed by atoms with Crippen LogP contribution in [0.5, 0.6) is 11.5 Å². The van der Waals surface area contributed by atoms with Gasteiger partial charge in [-0.15, -0.1) is 0 Å². The Labute approximate surface area is 150 Å². The zero-order valence-electron chi connectivity index (χ0n) is 14.2. The second-order valence-electron chi connectivity index (χ2n) is 7.41. The summed E-state index contributed by atoms with van der Waals surface area (Å²) in [5.74, 6) is -1.92. The Morgan fingerprint density at radius 2 is 2.00 bits per heavy atom. The van der Waals surface area contributed by atoms with Gasteiger partial charge in [-0.05, 0) is 18.6 Å². The van der Waals surface area contributed by atoms with Gasteiger partial charge < -0.3 is 25.7 Å². The number of piperazine rings is 1. The fourth-order valence-electron chi connectivity index (χ4n) is 5.32. The first-order valence-corrected chi connectivity index (χ1v) is 8.72. The first-order valence-electron chi connectivity index (χ1n) is 8.72. The number of hydrogen-bond donors (Lipinski definition) is 5. The average Bonchev–Trinajstić information content (AvgIpc) is 2.98. The minimum atomic E-state index is -0.915. The van der Waals surface area contributed by atoms with Gasteiger partial charge in [-0.1, -0.05) is 6.92 Å². The number of nitrogens with one attached hydrogen (secondary N) is 1. The zero-order valence-corrected chi connectivity index (χ0v) is 14.2. The number of aliphatic carboxylic acids is 1. The van der Waals surface area contributed by atoms with Gasteiger partial charge >= 0.3 is 5.97 Å². The number of fused-ring (bicyclic) bond motifs is 5. The number of aromatic hydroxyl groups is 2. The predicted molar refractivity (Wildman–Crippen MR) is 89.5 cm³/mol. The molecule has 8 nitrogen and oxygen atoms in total. The number of carboxylic acids is 1. The Hall–Kier alpha value is -2.34. The standard InChI is InChI=1S/C18H21N3O5/c1-7-14-12(23)2-3-13(24)15(14)11(6-22)21-10(5-19)9-4-8(18(25)26)16(20-9)17(7)21/h2-3,7-11,16-17,20,22-24H,4,6H2,1H3,(H,25,26)/t7?,8-,9+,10?,11+,16-,17+/m1/s1. The Balaban J connectivity index is 1.93. The van der Waals surface area contributed by atoms with E-state index in [-0.39, 0.29) is 30.1 Å². The van der Waals surface area contributed by atoms with Crippen LogP contribution >= 0.6 is 0 Å². The van der Waals surface area contributed by atoms with E-state index in [0.29, 0.717) is 17.5 Å². The van der Waals surface area contributed by atoms with E-state index in [1.165, 1.54) is 12.1 Å². The maximum atomic E-state index is 11.8. The maximum absolute atomic E-state index is 11.8. The SMILES string of the molecule is CC1c2c(O)ccc(O)c2[C@H](CO)N2C(C#N)[C@@H]3C[C@@H](C(=O)O)[C@@H](N3)[C@H]12. The lowest BCUT2D eigenvalue weighted by Crippen LogP contribution is -2.67. The van der Waals surface area contributed by atoms with Crippen LogP contribution in [0.2, 0.25) is 0 Å². The van der Waals surface area contributed by atoms with Gasteiger partial charge in [0.05, 0.1) is 24.6 Å². The van der Waals surface area contributed by atoms with Gasteiger partial charge in [-0.3, -0.25) is 9.69 Å². The molecule has 138 valence electrons. The predicted octanol–water partition coefficient (Wildman–Crippen LogP) is 0.256. The van der Waals surface area contributed by atoms with Crippen molar-refractivity contribution in [1.29, 1.82) is 5.26 Å². The summed E-state index contributed by atoms with van der Waals surface area (Å²) in [5, 5.41) is 53.6. The van der Waals surface area contributed by atoms with Gasteiger partial charge in [0, 0.05) is 35.2 Å². The lowest BCUT2D eigenvalue weighted by molar-refractivity contribution is -0.142. The fourth-order valence-corrected chi connectivity index (χ4v) is 5.32. The number of benzene rings is 1. The molecule has 1 aromatic carbocycles. The van der Waals surface area contributed by atoms with Crippen molar-refractivity contribution in [2.75, 3.05) is 6.61 Å². The summed E-state index contributed by atoms with van der Waals surface area (Å²) in [6, 6.07) is 2.62. The van der Waals surface area contributed by atoms with Crippen LogP contribution in [0.1, 0.15) is 36.4 Å². The van der Waals surface area contributed by atoms with E-state index in [1.54, 1.807) is 0 Å². The normalized spacial score (nSPS) is 38.3. The van der Waals surface area contributed by atoms with Crippen molar-refractivity contribution < 1.29 is 25.2 Å². The number of hydrogen-bond acceptors (Lipinski definition) is 7. The zero-order chi connectivity index (χ0) is 18.7. The number of aliphatic hydroxyl groups excluding tert-OH is 1. The molecule has 7 atom stereocenters. The minimum absolute atomic E-state index is 0.00361. The monoisotopic (exact) mass is 359 g/mol. The van der Waals surface area contributed by atoms with Crippen molar-refractivity contribution >= 4 is 5.97 Å². The number of aliphatic hydroxyl groups is 1. The molecule has 2 unspecified atom stereocenters. The Morgan fingerprint density at radius 1 is 1.35 bits per heavy atom. The van der Waals surface area contributed by atoms with Gasteiger partial charge in [0.2, 0.25) is 0 Å². The first-order chi connectivity index (χ1) is 12.4. The van der Waals surface area contributed by atoms with Crippen LogP contribution < -0.4 is 5.32 Å². The van der Waals surface area contributed by atoms with E-state index in [4.69, 9.17) is 0 Å². The van der Waals surface area contributed by atoms with E-state index >= 15 is 0 Å². The van der Waals surface area contributed by atoms with E-state index in [1.807, 2.05) is 11.8 Å². The van der Waals surface area contributed by atoms with Crippen molar-refractivity contribution in [2.45, 2.75) is 49.5 Å². The summed E-state index contributed by atoms with van der Waals surface area (Å²) >= 11 is 0. The molecular formula is C18H21N3O5. The molecule has 3 aliphatic rings. The van der Waals surface area contributed by atoms with E-state index in [9.17, 15) is 30.5 Å². The molecule has 3 heterocycles. The highest BCUT2D eigenvalue weighted by Gasteiger charge is 2.59. The highest BCUT2D eigenvalue weighted by atomic mass is 16.4. The molecule has 0 amide bonds. The lowest BCUT2D eigenvalue weighted by atomic mass is 9.74. The highest BCUT2D eigenvalue weighted by molar-refractivity contribution is 5.72. The number of nitrogens with zero attached hydrogens (tertiary/aromatic N) is 2. The number of phenols is 2. The lowest BCUT2D eigenvalue weighted by Gasteiger charge is -2.53. The molecule has 0 aromatic heterocycles. The third kappa shape index (κ3) is 2.08. The van der Waals surface area contributed by atoms with E-state index < -0.39 is 36.1 Å². The molecule has 0 saturated carbocycles. The summed E-state index contributed by atoms with van der Waals surface area (Å²) in [5.41, 5.74) is 0.933. The molecule has 0 aliphatic carbocycles. The molecular weight excluding hydrogens is 338 g/mol. The van der Waals surface area contributed by atoms with E-state index in [2.05, 4.69) is 11.4 Å². The quantitative estimate of drug-likeness (QED) is 0.474. The summed E-state index contributed by atoms with van der Waals surface area (Å²) in [6.45, 7) is 1.51. The summed E-state index contributed by atoms with van der Waals surface area (Å²) in [7, 11) is 0. The summed E-state index contributed by atoms with van der Waals surface area (Å²) in [6.07, 6.45) is 0.338. The van der Waals surface area contributed by atoms with Crippen LogP contribution in [-0.4, -0.2) is 62.1 Å². The van der Waals surface area contributed by atoms with Crippen molar-refractivity contribution in [2.24, 2.45) is 5.92 Å². The second-order valence-corrected chi connectivity index (χ2v) is 7.41. The minimum Gasteiger partial charge on any atom is -0.508 e. The smallest absolute Gasteiger partial charge is 0.308 e. The third-order valence-electron chi connectivity index (χ3n) is 6.29. The van der Waals surface area contributed by atoms with Crippen molar-refractivity contribution in [3.63, 3.8) is 0 Å². The molecule has 2 bridgehead atoms. The average molecular weight is 359 g/mol. The summed E-state index contributed by atoms with van der Waals surface area (Å²) < 4.78 is 0. The third-order valence-corrected chi connectivity index (χ3v) is 6.29. The highest BCUT2D eigenvalue weighted by Crippen LogP contribution is 2.53. The molecule has 1 aromatic rings. The molecule has 4 rings (SSSR count). The van der Waals surface area contributed by atoms with Crippen LogP contribution in [0.25, 0.3) is 0 Å². The number of rotatable bonds is 2. The molecule has 2 saturated heterocycles. The number of nitriles is 1. The van der Waals surface area contributed by atoms with Crippen LogP contribution in [0.3, 0.4) is 0 Å². The molecule has 2 fully saturated rings.